The van der Waals surface area contributed by atoms with Crippen molar-refractivity contribution in [3.8, 4) is 0 Å². The second-order valence-electron chi connectivity index (χ2n) is 4.39. The Bertz CT molecular complexity index is 483. The summed E-state index contributed by atoms with van der Waals surface area (Å²) in [5, 5.41) is 8.64. The molecular formula is C14H20N4S. The van der Waals surface area contributed by atoms with Crippen LogP contribution in [0.3, 0.4) is 0 Å². The molecule has 0 spiro atoms. The largest absolute Gasteiger partial charge is 0.309 e. The van der Waals surface area contributed by atoms with E-state index in [2.05, 4.69) is 52.7 Å². The van der Waals surface area contributed by atoms with Crippen LogP contribution in [0.15, 0.2) is 41.8 Å². The lowest BCUT2D eigenvalue weighted by Crippen LogP contribution is -2.24. The zero-order chi connectivity index (χ0) is 13.5. The maximum atomic E-state index is 4.25. The van der Waals surface area contributed by atoms with Gasteiger partial charge in [0.05, 0.1) is 0 Å². The highest BCUT2D eigenvalue weighted by atomic mass is 32.2. The number of aryl methyl sites for hydroxylation is 1. The molecule has 0 bridgehead atoms. The third-order valence-electron chi connectivity index (χ3n) is 2.89. The lowest BCUT2D eigenvalue weighted by Gasteiger charge is -2.18. The summed E-state index contributed by atoms with van der Waals surface area (Å²) in [7, 11) is 1.92. The third-order valence-corrected chi connectivity index (χ3v) is 4.02. The highest BCUT2D eigenvalue weighted by molar-refractivity contribution is 7.99. The van der Waals surface area contributed by atoms with Gasteiger partial charge in [-0.2, -0.15) is 5.10 Å². The maximum absolute atomic E-state index is 4.25. The molecule has 0 saturated heterocycles. The van der Waals surface area contributed by atoms with Crippen LogP contribution in [-0.4, -0.2) is 27.1 Å². The van der Waals surface area contributed by atoms with Gasteiger partial charge in [0.15, 0.2) is 5.16 Å². The van der Waals surface area contributed by atoms with Gasteiger partial charge in [-0.25, -0.2) is 9.67 Å². The van der Waals surface area contributed by atoms with Gasteiger partial charge in [-0.3, -0.25) is 0 Å². The fourth-order valence-corrected chi connectivity index (χ4v) is 2.83. The van der Waals surface area contributed by atoms with Crippen molar-refractivity contribution < 1.29 is 0 Å². The van der Waals surface area contributed by atoms with Gasteiger partial charge >= 0.3 is 0 Å². The number of nitrogens with one attached hydrogen (secondary N) is 1. The molecule has 0 amide bonds. The molecule has 1 atom stereocenters. The molecule has 0 aliphatic heterocycles. The lowest BCUT2D eigenvalue weighted by molar-refractivity contribution is 0.576. The van der Waals surface area contributed by atoms with E-state index in [-0.39, 0.29) is 0 Å². The van der Waals surface area contributed by atoms with E-state index >= 15 is 0 Å². The predicted octanol–water partition coefficient (Wildman–Crippen LogP) is 2.65. The summed E-state index contributed by atoms with van der Waals surface area (Å²) in [6.45, 7) is 3.21. The Balaban J connectivity index is 2.00. The quantitative estimate of drug-likeness (QED) is 0.790. The van der Waals surface area contributed by atoms with E-state index in [0.717, 1.165) is 23.9 Å². The highest BCUT2D eigenvalue weighted by Gasteiger charge is 2.12. The second kappa shape index (κ2) is 7.31. The summed E-state index contributed by atoms with van der Waals surface area (Å²) in [5.74, 6) is 0.955. The SMILES string of the molecule is CCCNC(CSc1ncnn1C)c1ccccc1. The summed E-state index contributed by atoms with van der Waals surface area (Å²) in [5.41, 5.74) is 1.32. The molecule has 2 aromatic rings. The van der Waals surface area contributed by atoms with Crippen LogP contribution in [0.2, 0.25) is 0 Å². The topological polar surface area (TPSA) is 42.7 Å². The van der Waals surface area contributed by atoms with Gasteiger partial charge in [0.2, 0.25) is 0 Å². The first-order valence-corrected chi connectivity index (χ1v) is 7.55. The van der Waals surface area contributed by atoms with E-state index < -0.39 is 0 Å². The van der Waals surface area contributed by atoms with Crippen molar-refractivity contribution >= 4 is 11.8 Å². The minimum absolute atomic E-state index is 0.350. The van der Waals surface area contributed by atoms with Crippen molar-refractivity contribution in [1.29, 1.82) is 0 Å². The van der Waals surface area contributed by atoms with Gasteiger partial charge in [0.25, 0.3) is 0 Å². The molecule has 0 aliphatic rings. The van der Waals surface area contributed by atoms with Gasteiger partial charge in [-0.15, -0.1) is 0 Å². The molecule has 5 heteroatoms. The van der Waals surface area contributed by atoms with Crippen LogP contribution in [0.5, 0.6) is 0 Å². The summed E-state index contributed by atoms with van der Waals surface area (Å²) < 4.78 is 1.81. The molecule has 2 rings (SSSR count). The Morgan fingerprint density at radius 1 is 1.32 bits per heavy atom. The number of thioether (sulfide) groups is 1. The van der Waals surface area contributed by atoms with Gasteiger partial charge in [0.1, 0.15) is 6.33 Å². The average molecular weight is 276 g/mol. The lowest BCUT2D eigenvalue weighted by atomic mass is 10.1. The van der Waals surface area contributed by atoms with Crippen molar-refractivity contribution in [2.24, 2.45) is 7.05 Å². The van der Waals surface area contributed by atoms with E-state index in [1.807, 2.05) is 11.7 Å². The van der Waals surface area contributed by atoms with E-state index in [0.29, 0.717) is 6.04 Å². The van der Waals surface area contributed by atoms with Crippen molar-refractivity contribution in [3.63, 3.8) is 0 Å². The molecule has 1 unspecified atom stereocenters. The van der Waals surface area contributed by atoms with Crippen LogP contribution in [0.25, 0.3) is 0 Å². The van der Waals surface area contributed by atoms with Gasteiger partial charge < -0.3 is 5.32 Å². The standard InChI is InChI=1S/C14H20N4S/c1-3-9-15-13(12-7-5-4-6-8-12)10-19-14-16-11-17-18(14)2/h4-8,11,13,15H,3,9-10H2,1-2H3. The third kappa shape index (κ3) is 4.08. The summed E-state index contributed by atoms with van der Waals surface area (Å²) >= 11 is 1.73. The molecule has 19 heavy (non-hydrogen) atoms. The number of nitrogens with zero attached hydrogens (tertiary/aromatic N) is 3. The molecule has 1 heterocycles. The maximum Gasteiger partial charge on any atom is 0.185 e. The number of aromatic nitrogens is 3. The van der Waals surface area contributed by atoms with Crippen molar-refractivity contribution in [2.45, 2.75) is 24.5 Å². The predicted molar refractivity (Wildman–Crippen MR) is 79.2 cm³/mol. The molecule has 0 radical (unpaired) electrons. The Hall–Kier alpha value is -1.33. The monoisotopic (exact) mass is 276 g/mol. The number of rotatable bonds is 7. The number of hydrogen-bond acceptors (Lipinski definition) is 4. The second-order valence-corrected chi connectivity index (χ2v) is 5.38. The Morgan fingerprint density at radius 2 is 2.11 bits per heavy atom. The Kier molecular flexibility index (Phi) is 5.42. The van der Waals surface area contributed by atoms with Crippen LogP contribution >= 0.6 is 11.8 Å². The zero-order valence-electron chi connectivity index (χ0n) is 11.4. The minimum atomic E-state index is 0.350. The van der Waals surface area contributed by atoms with Crippen LogP contribution in [0.4, 0.5) is 0 Å². The normalized spacial score (nSPS) is 12.5. The minimum Gasteiger partial charge on any atom is -0.309 e. The summed E-state index contributed by atoms with van der Waals surface area (Å²) in [6.07, 6.45) is 2.73. The van der Waals surface area contributed by atoms with Gasteiger partial charge in [0, 0.05) is 18.8 Å². The first-order valence-electron chi connectivity index (χ1n) is 6.56. The zero-order valence-corrected chi connectivity index (χ0v) is 12.2. The molecule has 4 nitrogen and oxygen atoms in total. The van der Waals surface area contributed by atoms with Crippen LogP contribution in [0, 0.1) is 0 Å². The average Bonchev–Trinajstić information content (AvgIpc) is 2.85. The summed E-state index contributed by atoms with van der Waals surface area (Å²) in [4.78, 5) is 4.25. The molecule has 0 fully saturated rings. The molecule has 102 valence electrons. The first kappa shape index (κ1) is 14.1. The van der Waals surface area contributed by atoms with Gasteiger partial charge in [-0.1, -0.05) is 49.0 Å². The highest BCUT2D eigenvalue weighted by Crippen LogP contribution is 2.22. The number of benzene rings is 1. The van der Waals surface area contributed by atoms with Crippen LogP contribution in [-0.2, 0) is 7.05 Å². The van der Waals surface area contributed by atoms with Crippen LogP contribution < -0.4 is 5.32 Å². The fraction of sp³-hybridized carbons (Fsp3) is 0.429. The van der Waals surface area contributed by atoms with E-state index in [1.165, 1.54) is 5.56 Å². The number of hydrogen-bond donors (Lipinski definition) is 1. The Labute approximate surface area is 118 Å². The molecule has 1 N–H and O–H groups in total. The first-order chi connectivity index (χ1) is 9.31. The van der Waals surface area contributed by atoms with E-state index in [1.54, 1.807) is 18.1 Å². The summed E-state index contributed by atoms with van der Waals surface area (Å²) in [6, 6.07) is 10.9. The molecule has 1 aromatic heterocycles. The van der Waals surface area contributed by atoms with Crippen molar-refractivity contribution in [2.75, 3.05) is 12.3 Å². The molecule has 1 aromatic carbocycles. The van der Waals surface area contributed by atoms with E-state index in [9.17, 15) is 0 Å². The smallest absolute Gasteiger partial charge is 0.185 e. The Morgan fingerprint density at radius 3 is 2.74 bits per heavy atom. The molecular weight excluding hydrogens is 256 g/mol. The van der Waals surface area contributed by atoms with Crippen molar-refractivity contribution in [1.82, 2.24) is 20.1 Å². The fourth-order valence-electron chi connectivity index (χ4n) is 1.85. The van der Waals surface area contributed by atoms with Crippen LogP contribution in [0.1, 0.15) is 24.9 Å². The van der Waals surface area contributed by atoms with E-state index in [4.69, 9.17) is 0 Å². The molecule has 0 aliphatic carbocycles. The van der Waals surface area contributed by atoms with Gasteiger partial charge in [-0.05, 0) is 18.5 Å². The van der Waals surface area contributed by atoms with Crippen molar-refractivity contribution in [3.05, 3.63) is 42.2 Å². The molecule has 0 saturated carbocycles.